The van der Waals surface area contributed by atoms with Gasteiger partial charge >= 0.3 is 0 Å². The Labute approximate surface area is 220 Å². The fourth-order valence-corrected chi connectivity index (χ4v) is 4.32. The molecule has 1 heterocycles. The van der Waals surface area contributed by atoms with Crippen LogP contribution in [0.5, 0.6) is 11.5 Å². The molecule has 6 nitrogen and oxygen atoms in total. The molecule has 4 aromatic rings. The Kier molecular flexibility index (Phi) is 7.87. The van der Waals surface area contributed by atoms with Crippen molar-refractivity contribution in [1.29, 1.82) is 0 Å². The van der Waals surface area contributed by atoms with E-state index in [1.54, 1.807) is 54.3 Å². The van der Waals surface area contributed by atoms with E-state index < -0.39 is 0 Å². The molecule has 0 spiro atoms. The topological polar surface area (TPSA) is 65.4 Å². The van der Waals surface area contributed by atoms with Crippen molar-refractivity contribution in [2.24, 2.45) is 0 Å². The molecule has 0 atom stereocenters. The number of benzene rings is 3. The monoisotopic (exact) mass is 523 g/mol. The minimum Gasteiger partial charge on any atom is -0.496 e. The van der Waals surface area contributed by atoms with E-state index in [0.29, 0.717) is 33.7 Å². The summed E-state index contributed by atoms with van der Waals surface area (Å²) < 4.78 is 13.3. The highest BCUT2D eigenvalue weighted by Gasteiger charge is 2.15. The van der Waals surface area contributed by atoms with Crippen molar-refractivity contribution in [2.75, 3.05) is 12.4 Å². The van der Waals surface area contributed by atoms with Gasteiger partial charge in [-0.15, -0.1) is 0 Å². The summed E-state index contributed by atoms with van der Waals surface area (Å²) in [6.07, 6.45) is 0. The maximum atomic E-state index is 13.0. The number of carbonyl (C=O) groups excluding carboxylic acids is 1. The third-order valence-electron chi connectivity index (χ3n) is 5.86. The van der Waals surface area contributed by atoms with Gasteiger partial charge in [-0.3, -0.25) is 9.48 Å². The van der Waals surface area contributed by atoms with Crippen LogP contribution in [0.3, 0.4) is 0 Å². The Hall–Kier alpha value is -3.48. The summed E-state index contributed by atoms with van der Waals surface area (Å²) in [4.78, 5) is 13.0. The van der Waals surface area contributed by atoms with Crippen LogP contribution in [0.15, 0.2) is 60.7 Å². The summed E-state index contributed by atoms with van der Waals surface area (Å²) in [6, 6.07) is 18.5. The van der Waals surface area contributed by atoms with E-state index in [-0.39, 0.29) is 12.5 Å². The van der Waals surface area contributed by atoms with Crippen molar-refractivity contribution >= 4 is 34.9 Å². The first-order chi connectivity index (χ1) is 17.2. The van der Waals surface area contributed by atoms with Crippen LogP contribution in [-0.2, 0) is 13.2 Å². The number of methoxy groups -OCH3 is 1. The van der Waals surface area contributed by atoms with E-state index >= 15 is 0 Å². The van der Waals surface area contributed by atoms with Crippen molar-refractivity contribution in [3.05, 3.63) is 104 Å². The van der Waals surface area contributed by atoms with Crippen LogP contribution in [0.1, 0.15) is 38.3 Å². The maximum Gasteiger partial charge on any atom is 0.256 e. The lowest BCUT2D eigenvalue weighted by atomic mass is 10.1. The molecule has 0 fully saturated rings. The number of nitrogens with zero attached hydrogens (tertiary/aromatic N) is 2. The minimum atomic E-state index is -0.286. The van der Waals surface area contributed by atoms with Crippen molar-refractivity contribution in [3.8, 4) is 11.5 Å². The third-order valence-corrected chi connectivity index (χ3v) is 6.57. The van der Waals surface area contributed by atoms with Crippen LogP contribution in [0.25, 0.3) is 0 Å². The Morgan fingerprint density at radius 3 is 2.44 bits per heavy atom. The summed E-state index contributed by atoms with van der Waals surface area (Å²) in [6.45, 7) is 6.58. The van der Waals surface area contributed by atoms with Crippen molar-refractivity contribution in [2.45, 2.75) is 33.9 Å². The fourth-order valence-electron chi connectivity index (χ4n) is 3.80. The number of carbonyl (C=O) groups is 1. The van der Waals surface area contributed by atoms with E-state index in [1.165, 1.54) is 0 Å². The van der Waals surface area contributed by atoms with E-state index in [9.17, 15) is 4.79 Å². The molecule has 186 valence electrons. The molecule has 0 aliphatic rings. The quantitative estimate of drug-likeness (QED) is 0.270. The van der Waals surface area contributed by atoms with Gasteiger partial charge in [-0.1, -0.05) is 41.4 Å². The minimum absolute atomic E-state index is 0.265. The maximum absolute atomic E-state index is 13.0. The number of anilines is 1. The number of ether oxygens (including phenoxy) is 2. The molecule has 1 aromatic heterocycles. The van der Waals surface area contributed by atoms with Crippen LogP contribution in [-0.4, -0.2) is 22.8 Å². The number of aryl methyl sites for hydroxylation is 3. The molecule has 3 aromatic carbocycles. The molecule has 0 aliphatic heterocycles. The predicted octanol–water partition coefficient (Wildman–Crippen LogP) is 7.00. The number of rotatable bonds is 8. The first-order valence-electron chi connectivity index (χ1n) is 11.4. The van der Waals surface area contributed by atoms with Gasteiger partial charge in [0, 0.05) is 38.5 Å². The van der Waals surface area contributed by atoms with Crippen LogP contribution >= 0.6 is 23.2 Å². The predicted molar refractivity (Wildman–Crippen MR) is 144 cm³/mol. The van der Waals surface area contributed by atoms with Gasteiger partial charge in [0.1, 0.15) is 18.1 Å². The van der Waals surface area contributed by atoms with Gasteiger partial charge < -0.3 is 14.8 Å². The lowest BCUT2D eigenvalue weighted by Gasteiger charge is -2.14. The zero-order valence-electron chi connectivity index (χ0n) is 20.6. The Bertz CT molecular complexity index is 1400. The lowest BCUT2D eigenvalue weighted by Crippen LogP contribution is -2.14. The Morgan fingerprint density at radius 2 is 1.72 bits per heavy atom. The second kappa shape index (κ2) is 11.1. The highest BCUT2D eigenvalue weighted by Crippen LogP contribution is 2.27. The van der Waals surface area contributed by atoms with Crippen molar-refractivity contribution < 1.29 is 14.3 Å². The molecule has 1 amide bonds. The molecule has 36 heavy (non-hydrogen) atoms. The summed E-state index contributed by atoms with van der Waals surface area (Å²) >= 11 is 12.6. The summed E-state index contributed by atoms with van der Waals surface area (Å²) in [5.41, 5.74) is 5.02. The largest absolute Gasteiger partial charge is 0.496 e. The third kappa shape index (κ3) is 5.83. The van der Waals surface area contributed by atoms with Gasteiger partial charge in [-0.25, -0.2) is 0 Å². The van der Waals surface area contributed by atoms with Gasteiger partial charge in [0.05, 0.1) is 13.7 Å². The highest BCUT2D eigenvalue weighted by molar-refractivity contribution is 6.36. The standard InChI is InChI=1S/C28H27Cl2N3O3/c1-17-8-9-18(2)26(12-17)36-16-21-14-20(10-11-25(21)35-4)28(34)31-27-13-19(3)33(32-27)15-22-23(29)6-5-7-24(22)30/h5-14H,15-16H2,1-4H3,(H,31,32,34). The van der Waals surface area contributed by atoms with E-state index in [2.05, 4.69) is 10.4 Å². The van der Waals surface area contributed by atoms with Gasteiger partial charge in [0.15, 0.2) is 5.82 Å². The average molecular weight is 524 g/mol. The summed E-state index contributed by atoms with van der Waals surface area (Å²) in [7, 11) is 1.59. The number of halogens is 2. The molecule has 0 aliphatic carbocycles. The molecular weight excluding hydrogens is 497 g/mol. The highest BCUT2D eigenvalue weighted by atomic mass is 35.5. The van der Waals surface area contributed by atoms with Crippen LogP contribution in [0.2, 0.25) is 10.0 Å². The second-order valence-corrected chi connectivity index (χ2v) is 9.38. The molecule has 0 radical (unpaired) electrons. The first kappa shape index (κ1) is 25.6. The number of hydrogen-bond donors (Lipinski definition) is 1. The molecule has 0 bridgehead atoms. The van der Waals surface area contributed by atoms with Crippen LogP contribution in [0, 0.1) is 20.8 Å². The van der Waals surface area contributed by atoms with Gasteiger partial charge in [0.2, 0.25) is 0 Å². The molecule has 0 unspecified atom stereocenters. The SMILES string of the molecule is COc1ccc(C(=O)Nc2cc(C)n(Cc3c(Cl)cccc3Cl)n2)cc1COc1cc(C)ccc1C. The molecule has 0 saturated carbocycles. The lowest BCUT2D eigenvalue weighted by molar-refractivity contribution is 0.102. The van der Waals surface area contributed by atoms with E-state index in [1.807, 2.05) is 39.0 Å². The number of hydrogen-bond acceptors (Lipinski definition) is 4. The molecule has 1 N–H and O–H groups in total. The molecule has 0 saturated heterocycles. The van der Waals surface area contributed by atoms with Crippen molar-refractivity contribution in [3.63, 3.8) is 0 Å². The van der Waals surface area contributed by atoms with Gasteiger partial charge in [0.25, 0.3) is 5.91 Å². The summed E-state index contributed by atoms with van der Waals surface area (Å²) in [5, 5.41) is 8.52. The molecule has 4 rings (SSSR count). The Morgan fingerprint density at radius 1 is 0.972 bits per heavy atom. The zero-order valence-corrected chi connectivity index (χ0v) is 22.1. The van der Waals surface area contributed by atoms with E-state index in [0.717, 1.165) is 33.7 Å². The molecule has 8 heteroatoms. The molecular formula is C28H27Cl2N3O3. The first-order valence-corrected chi connectivity index (χ1v) is 12.2. The van der Waals surface area contributed by atoms with Crippen LogP contribution in [0.4, 0.5) is 5.82 Å². The number of nitrogens with one attached hydrogen (secondary N) is 1. The van der Waals surface area contributed by atoms with E-state index in [4.69, 9.17) is 32.7 Å². The van der Waals surface area contributed by atoms with Crippen molar-refractivity contribution in [1.82, 2.24) is 9.78 Å². The van der Waals surface area contributed by atoms with Gasteiger partial charge in [-0.2, -0.15) is 5.10 Å². The fraction of sp³-hybridized carbons (Fsp3) is 0.214. The number of amides is 1. The Balaban J connectivity index is 1.50. The number of aromatic nitrogens is 2. The summed E-state index contributed by atoms with van der Waals surface area (Å²) in [5.74, 6) is 1.59. The zero-order chi connectivity index (χ0) is 25.8. The van der Waals surface area contributed by atoms with Crippen LogP contribution < -0.4 is 14.8 Å². The average Bonchev–Trinajstić information content (AvgIpc) is 3.20. The second-order valence-electron chi connectivity index (χ2n) is 8.57. The normalized spacial score (nSPS) is 10.8. The smallest absolute Gasteiger partial charge is 0.256 e. The van der Waals surface area contributed by atoms with Gasteiger partial charge in [-0.05, 0) is 68.3 Å².